The van der Waals surface area contributed by atoms with E-state index >= 15 is 0 Å². The van der Waals surface area contributed by atoms with Crippen molar-refractivity contribution in [2.75, 3.05) is 13.2 Å². The van der Waals surface area contributed by atoms with Gasteiger partial charge in [0.1, 0.15) is 11.6 Å². The zero-order valence-corrected chi connectivity index (χ0v) is 9.38. The van der Waals surface area contributed by atoms with Crippen LogP contribution < -0.4 is 0 Å². The average molecular weight is 237 g/mol. The van der Waals surface area contributed by atoms with Crippen LogP contribution in [0.1, 0.15) is 18.4 Å². The molecule has 1 aliphatic rings. The maximum Gasteiger partial charge on any atom is 0.126 e. The Kier molecular flexibility index (Phi) is 3.39. The molecule has 0 saturated carbocycles. The van der Waals surface area contributed by atoms with Crippen LogP contribution in [0.2, 0.25) is 0 Å². The number of nitriles is 1. The molecular weight excluding hydrogens is 224 g/mol. The summed E-state index contributed by atoms with van der Waals surface area (Å²) >= 11 is 0. The van der Waals surface area contributed by atoms with Crippen LogP contribution in [0.4, 0.5) is 8.78 Å². The molecule has 1 aromatic rings. The lowest BCUT2D eigenvalue weighted by Crippen LogP contribution is -2.30. The molecule has 1 fully saturated rings. The Labute approximate surface area is 98.8 Å². The summed E-state index contributed by atoms with van der Waals surface area (Å²) < 4.78 is 31.3. The fourth-order valence-electron chi connectivity index (χ4n) is 2.19. The molecule has 0 aromatic heterocycles. The van der Waals surface area contributed by atoms with Crippen molar-refractivity contribution >= 4 is 0 Å². The highest BCUT2D eigenvalue weighted by atomic mass is 19.1. The Bertz CT molecular complexity index is 427. The molecule has 0 bridgehead atoms. The predicted octanol–water partition coefficient (Wildman–Crippen LogP) is 2.83. The summed E-state index contributed by atoms with van der Waals surface area (Å²) in [4.78, 5) is 0. The van der Waals surface area contributed by atoms with Crippen molar-refractivity contribution in [3.63, 3.8) is 0 Å². The van der Waals surface area contributed by atoms with Gasteiger partial charge < -0.3 is 4.74 Å². The third-order valence-corrected chi connectivity index (χ3v) is 3.15. The van der Waals surface area contributed by atoms with Crippen LogP contribution in [-0.4, -0.2) is 13.2 Å². The van der Waals surface area contributed by atoms with Gasteiger partial charge in [-0.1, -0.05) is 0 Å². The molecule has 2 nitrogen and oxygen atoms in total. The van der Waals surface area contributed by atoms with Gasteiger partial charge in [0.2, 0.25) is 0 Å². The van der Waals surface area contributed by atoms with E-state index in [9.17, 15) is 14.0 Å². The Morgan fingerprint density at radius 3 is 2.29 bits per heavy atom. The van der Waals surface area contributed by atoms with E-state index in [4.69, 9.17) is 4.74 Å². The number of rotatable bonds is 2. The third kappa shape index (κ3) is 2.80. The predicted molar refractivity (Wildman–Crippen MR) is 58.2 cm³/mol. The summed E-state index contributed by atoms with van der Waals surface area (Å²) in [5.41, 5.74) is -0.00988. The van der Waals surface area contributed by atoms with Gasteiger partial charge in [-0.3, -0.25) is 0 Å². The van der Waals surface area contributed by atoms with Gasteiger partial charge >= 0.3 is 0 Å². The number of ether oxygens (including phenoxy) is 1. The van der Waals surface area contributed by atoms with Gasteiger partial charge in [-0.05, 0) is 37.0 Å². The van der Waals surface area contributed by atoms with Crippen molar-refractivity contribution in [1.29, 1.82) is 5.26 Å². The molecule has 1 heterocycles. The van der Waals surface area contributed by atoms with Gasteiger partial charge in [-0.25, -0.2) is 8.78 Å². The minimum absolute atomic E-state index is 0.377. The Morgan fingerprint density at radius 2 is 1.76 bits per heavy atom. The van der Waals surface area contributed by atoms with Crippen molar-refractivity contribution in [3.05, 3.63) is 35.4 Å². The van der Waals surface area contributed by atoms with Crippen molar-refractivity contribution in [2.24, 2.45) is 5.41 Å². The standard InChI is InChI=1S/C13H13F2NO/c14-11-5-10(6-12(15)7-11)8-13(9-16)1-3-17-4-2-13/h5-7H,1-4,8H2. The summed E-state index contributed by atoms with van der Waals surface area (Å²) in [6.45, 7) is 1.07. The van der Waals surface area contributed by atoms with E-state index in [1.807, 2.05) is 0 Å². The molecule has 0 amide bonds. The van der Waals surface area contributed by atoms with Crippen molar-refractivity contribution in [1.82, 2.24) is 0 Å². The second kappa shape index (κ2) is 4.80. The van der Waals surface area contributed by atoms with E-state index in [2.05, 4.69) is 6.07 Å². The molecule has 0 radical (unpaired) electrons. The van der Waals surface area contributed by atoms with Gasteiger partial charge in [-0.15, -0.1) is 0 Å². The topological polar surface area (TPSA) is 33.0 Å². The first-order valence-corrected chi connectivity index (χ1v) is 5.58. The summed E-state index contributed by atoms with van der Waals surface area (Å²) in [5, 5.41) is 9.25. The first-order chi connectivity index (χ1) is 8.13. The summed E-state index contributed by atoms with van der Waals surface area (Å²) in [6, 6.07) is 5.70. The van der Waals surface area contributed by atoms with E-state index in [-0.39, 0.29) is 0 Å². The second-order valence-electron chi connectivity index (χ2n) is 4.46. The molecule has 1 saturated heterocycles. The first kappa shape index (κ1) is 12.0. The zero-order valence-electron chi connectivity index (χ0n) is 9.38. The Morgan fingerprint density at radius 1 is 1.18 bits per heavy atom. The summed E-state index contributed by atoms with van der Waals surface area (Å²) in [6.07, 6.45) is 1.60. The highest BCUT2D eigenvalue weighted by Crippen LogP contribution is 2.33. The first-order valence-electron chi connectivity index (χ1n) is 5.58. The van der Waals surface area contributed by atoms with Gasteiger partial charge in [0, 0.05) is 19.3 Å². The SMILES string of the molecule is N#CC1(Cc2cc(F)cc(F)c2)CCOCC1. The molecule has 1 aromatic carbocycles. The molecule has 90 valence electrons. The molecule has 0 atom stereocenters. The van der Waals surface area contributed by atoms with Gasteiger partial charge in [0.15, 0.2) is 0 Å². The zero-order chi connectivity index (χ0) is 12.3. The number of nitrogens with zero attached hydrogens (tertiary/aromatic N) is 1. The van der Waals surface area contributed by atoms with Crippen molar-refractivity contribution in [2.45, 2.75) is 19.3 Å². The minimum atomic E-state index is -0.597. The minimum Gasteiger partial charge on any atom is -0.381 e. The number of halogens is 2. The molecule has 17 heavy (non-hydrogen) atoms. The third-order valence-electron chi connectivity index (χ3n) is 3.15. The van der Waals surface area contributed by atoms with Gasteiger partial charge in [0.05, 0.1) is 11.5 Å². The second-order valence-corrected chi connectivity index (χ2v) is 4.46. The maximum atomic E-state index is 13.1. The molecule has 0 spiro atoms. The molecule has 0 N–H and O–H groups in total. The van der Waals surface area contributed by atoms with E-state index in [0.29, 0.717) is 38.0 Å². The fraction of sp³-hybridized carbons (Fsp3) is 0.462. The van der Waals surface area contributed by atoms with Crippen LogP contribution in [-0.2, 0) is 11.2 Å². The van der Waals surface area contributed by atoms with Crippen LogP contribution in [0.3, 0.4) is 0 Å². The number of benzene rings is 1. The van der Waals surface area contributed by atoms with Crippen molar-refractivity contribution < 1.29 is 13.5 Å². The maximum absolute atomic E-state index is 13.1. The van der Waals surface area contributed by atoms with Crippen LogP contribution in [0.15, 0.2) is 18.2 Å². The van der Waals surface area contributed by atoms with Gasteiger partial charge in [-0.2, -0.15) is 5.26 Å². The van der Waals surface area contributed by atoms with E-state index < -0.39 is 17.0 Å². The Balaban J connectivity index is 2.21. The molecule has 2 rings (SSSR count). The normalized spacial score (nSPS) is 18.6. The van der Waals surface area contributed by atoms with E-state index in [1.165, 1.54) is 12.1 Å². The fourth-order valence-corrected chi connectivity index (χ4v) is 2.19. The molecule has 0 unspecified atom stereocenters. The summed E-state index contributed by atoms with van der Waals surface area (Å²) in [5.74, 6) is -1.19. The average Bonchev–Trinajstić information content (AvgIpc) is 2.29. The number of hydrogen-bond acceptors (Lipinski definition) is 2. The monoisotopic (exact) mass is 237 g/mol. The van der Waals surface area contributed by atoms with Gasteiger partial charge in [0.25, 0.3) is 0 Å². The van der Waals surface area contributed by atoms with Crippen LogP contribution in [0, 0.1) is 28.4 Å². The van der Waals surface area contributed by atoms with Crippen LogP contribution in [0.25, 0.3) is 0 Å². The van der Waals surface area contributed by atoms with Crippen LogP contribution in [0.5, 0.6) is 0 Å². The molecule has 0 aliphatic carbocycles. The largest absolute Gasteiger partial charge is 0.381 e. The number of hydrogen-bond donors (Lipinski definition) is 0. The lowest BCUT2D eigenvalue weighted by molar-refractivity contribution is 0.0406. The van der Waals surface area contributed by atoms with E-state index in [1.54, 1.807) is 0 Å². The lowest BCUT2D eigenvalue weighted by atomic mass is 9.76. The highest BCUT2D eigenvalue weighted by molar-refractivity contribution is 5.21. The molecule has 1 aliphatic heterocycles. The summed E-state index contributed by atoms with van der Waals surface area (Å²) in [7, 11) is 0. The smallest absolute Gasteiger partial charge is 0.126 e. The van der Waals surface area contributed by atoms with Crippen molar-refractivity contribution in [3.8, 4) is 6.07 Å². The quantitative estimate of drug-likeness (QED) is 0.792. The lowest BCUT2D eigenvalue weighted by Gasteiger charge is -2.30. The van der Waals surface area contributed by atoms with E-state index in [0.717, 1.165) is 6.07 Å². The molecular formula is C13H13F2NO. The highest BCUT2D eigenvalue weighted by Gasteiger charge is 2.33. The molecule has 4 heteroatoms. The Hall–Kier alpha value is -1.47. The van der Waals surface area contributed by atoms with Crippen LogP contribution >= 0.6 is 0 Å².